The summed E-state index contributed by atoms with van der Waals surface area (Å²) in [7, 11) is 0. The summed E-state index contributed by atoms with van der Waals surface area (Å²) >= 11 is 21.5. The van der Waals surface area contributed by atoms with Crippen LogP contribution in [-0.2, 0) is 21.1 Å². The summed E-state index contributed by atoms with van der Waals surface area (Å²) in [6.07, 6.45) is 4.97. The first-order valence-corrected chi connectivity index (χ1v) is 20.5. The molecule has 8 nitrogen and oxygen atoms in total. The Morgan fingerprint density at radius 1 is 0.367 bits per heavy atom. The molecule has 0 N–H and O–H groups in total. The Bertz CT molecular complexity index is 831. The van der Waals surface area contributed by atoms with Gasteiger partial charge in [0.25, 0.3) is 0 Å². The van der Waals surface area contributed by atoms with Crippen LogP contribution >= 0.6 is 48.9 Å². The summed E-state index contributed by atoms with van der Waals surface area (Å²) in [6, 6.07) is 2.19. The molecule has 4 aliphatic rings. The fourth-order valence-electron chi connectivity index (χ4n) is 6.31. The molecule has 13 heteroatoms. The predicted molar refractivity (Wildman–Crippen MR) is 225 cm³/mol. The third-order valence-electron chi connectivity index (χ3n) is 9.39. The number of hydrogen-bond acceptors (Lipinski definition) is 4. The number of nitrogens with zero attached hydrogens (tertiary/aromatic N) is 8. The van der Waals surface area contributed by atoms with Crippen LogP contribution in [0.3, 0.4) is 0 Å². The van der Waals surface area contributed by atoms with Crippen LogP contribution in [0, 0.1) is 0 Å². The molecule has 0 radical (unpaired) electrons. The van der Waals surface area contributed by atoms with E-state index in [1.807, 2.05) is 0 Å². The molecule has 4 saturated heterocycles. The number of thiocarbonyl (C=S) groups is 4. The van der Waals surface area contributed by atoms with Gasteiger partial charge in [-0.2, -0.15) is 0 Å². The second-order valence-electron chi connectivity index (χ2n) is 14.0. The van der Waals surface area contributed by atoms with Gasteiger partial charge in [-0.1, -0.05) is 0 Å². The molecule has 0 aromatic rings. The second-order valence-corrected chi connectivity index (χ2v) is 15.5. The van der Waals surface area contributed by atoms with Crippen molar-refractivity contribution in [3.63, 3.8) is 0 Å². The van der Waals surface area contributed by atoms with E-state index in [1.165, 1.54) is 25.7 Å². The molecule has 0 aromatic heterocycles. The maximum Gasteiger partial charge on any atom is 0.171 e. The minimum atomic E-state index is 0. The van der Waals surface area contributed by atoms with E-state index in [0.717, 1.165) is 99.0 Å². The number of hydrogen-bond donors (Lipinski definition) is 0. The smallest absolute Gasteiger partial charge is 0.171 e. The third kappa shape index (κ3) is 15.5. The van der Waals surface area contributed by atoms with Crippen LogP contribution in [-0.4, -0.2) is 162 Å². The quantitative estimate of drug-likeness (QED) is 0.239. The fourth-order valence-corrected chi connectivity index (χ4v) is 8.40. The van der Waals surface area contributed by atoms with Gasteiger partial charge in [0.15, 0.2) is 20.4 Å². The van der Waals surface area contributed by atoms with Crippen molar-refractivity contribution in [3.8, 4) is 0 Å². The van der Waals surface area contributed by atoms with Gasteiger partial charge in [0.05, 0.1) is 0 Å². The fraction of sp³-hybridized carbons (Fsp3) is 0.889. The van der Waals surface area contributed by atoms with E-state index in [4.69, 9.17) is 48.9 Å². The standard InChI is InChI=1S/4C9H18N2S.Pt/c4*1-4-10-6-5-7-11(8(2)3)9(10)12;/h4*8H,4-7H2,1-3H3;. The second kappa shape index (κ2) is 25.4. The van der Waals surface area contributed by atoms with Crippen molar-refractivity contribution < 1.29 is 21.1 Å². The molecule has 49 heavy (non-hydrogen) atoms. The first-order valence-electron chi connectivity index (χ1n) is 18.9. The Balaban J connectivity index is 0.000000623. The predicted octanol–water partition coefficient (Wildman–Crippen LogP) is 6.83. The van der Waals surface area contributed by atoms with Crippen molar-refractivity contribution in [1.29, 1.82) is 0 Å². The average molecular weight is 940 g/mol. The van der Waals surface area contributed by atoms with Crippen LogP contribution in [0.2, 0.25) is 0 Å². The SMILES string of the molecule is CCN1CCCN(C(C)C)C1=S.CCN1CCCN(C(C)C)C1=S.CCN1CCCN(C(C)C)C1=S.CCN1CCCN(C(C)C)C1=S.[Pt]. The molecule has 4 fully saturated rings. The van der Waals surface area contributed by atoms with Crippen molar-refractivity contribution in [2.75, 3.05) is 78.5 Å². The Kier molecular flexibility index (Phi) is 25.1. The molecule has 0 atom stereocenters. The van der Waals surface area contributed by atoms with Crippen molar-refractivity contribution in [3.05, 3.63) is 0 Å². The molecule has 4 aliphatic heterocycles. The molecule has 0 bridgehead atoms. The monoisotopic (exact) mass is 939 g/mol. The van der Waals surface area contributed by atoms with E-state index >= 15 is 0 Å². The summed E-state index contributed by atoms with van der Waals surface area (Å²) in [4.78, 5) is 18.3. The van der Waals surface area contributed by atoms with Crippen molar-refractivity contribution in [1.82, 2.24) is 39.2 Å². The summed E-state index contributed by atoms with van der Waals surface area (Å²) in [5, 5.41) is 4.16. The van der Waals surface area contributed by atoms with Crippen molar-refractivity contribution >= 4 is 69.3 Å². The minimum absolute atomic E-state index is 0. The van der Waals surface area contributed by atoms with E-state index < -0.39 is 0 Å². The van der Waals surface area contributed by atoms with Crippen LogP contribution in [0.1, 0.15) is 109 Å². The van der Waals surface area contributed by atoms with E-state index in [9.17, 15) is 0 Å². The van der Waals surface area contributed by atoms with Crippen LogP contribution in [0.15, 0.2) is 0 Å². The minimum Gasteiger partial charge on any atom is -0.349 e. The molecule has 0 saturated carbocycles. The Labute approximate surface area is 338 Å². The van der Waals surface area contributed by atoms with Gasteiger partial charge in [0, 0.05) is 124 Å². The topological polar surface area (TPSA) is 25.9 Å². The first kappa shape index (κ1) is 48.4. The van der Waals surface area contributed by atoms with Crippen LogP contribution < -0.4 is 0 Å². The number of rotatable bonds is 8. The largest absolute Gasteiger partial charge is 0.349 e. The van der Waals surface area contributed by atoms with Gasteiger partial charge >= 0.3 is 0 Å². The van der Waals surface area contributed by atoms with Gasteiger partial charge in [0.2, 0.25) is 0 Å². The molecule has 0 unspecified atom stereocenters. The molecular weight excluding hydrogens is 868 g/mol. The van der Waals surface area contributed by atoms with Gasteiger partial charge in [-0.25, -0.2) is 0 Å². The summed E-state index contributed by atoms with van der Waals surface area (Å²) < 4.78 is 0. The van der Waals surface area contributed by atoms with Gasteiger partial charge in [0.1, 0.15) is 0 Å². The van der Waals surface area contributed by atoms with Gasteiger partial charge in [-0.15, -0.1) is 0 Å². The van der Waals surface area contributed by atoms with Gasteiger partial charge in [-0.3, -0.25) is 0 Å². The molecular formula is C36H72N8PtS4. The van der Waals surface area contributed by atoms with E-state index in [2.05, 4.69) is 122 Å². The van der Waals surface area contributed by atoms with Gasteiger partial charge in [-0.05, 0) is 158 Å². The Hall–Kier alpha value is -0.552. The van der Waals surface area contributed by atoms with Crippen molar-refractivity contribution in [2.24, 2.45) is 0 Å². The zero-order valence-electron chi connectivity index (χ0n) is 33.2. The maximum absolute atomic E-state index is 5.38. The maximum atomic E-state index is 5.38. The molecule has 4 heterocycles. The molecule has 0 amide bonds. The molecule has 290 valence electrons. The summed E-state index contributed by atoms with van der Waals surface area (Å²) in [6.45, 7) is 39.5. The zero-order valence-corrected chi connectivity index (χ0v) is 38.7. The van der Waals surface area contributed by atoms with E-state index in [-0.39, 0.29) is 21.1 Å². The Morgan fingerprint density at radius 3 is 0.653 bits per heavy atom. The van der Waals surface area contributed by atoms with Crippen LogP contribution in [0.4, 0.5) is 0 Å². The molecule has 0 spiro atoms. The van der Waals surface area contributed by atoms with Crippen molar-refractivity contribution in [2.45, 2.75) is 133 Å². The summed E-state index contributed by atoms with van der Waals surface area (Å²) in [5.74, 6) is 0. The normalized spacial score (nSPS) is 18.8. The first-order chi connectivity index (χ1) is 22.7. The molecule has 0 aliphatic carbocycles. The third-order valence-corrected chi connectivity index (χ3v) is 11.4. The average Bonchev–Trinajstić information content (AvgIpc) is 3.05. The van der Waals surface area contributed by atoms with Crippen LogP contribution in [0.25, 0.3) is 0 Å². The molecule has 4 rings (SSSR count). The van der Waals surface area contributed by atoms with E-state index in [1.54, 1.807) is 0 Å². The van der Waals surface area contributed by atoms with Crippen LogP contribution in [0.5, 0.6) is 0 Å². The summed E-state index contributed by atoms with van der Waals surface area (Å²) in [5.41, 5.74) is 0. The Morgan fingerprint density at radius 2 is 0.531 bits per heavy atom. The van der Waals surface area contributed by atoms with Gasteiger partial charge < -0.3 is 39.2 Å². The van der Waals surface area contributed by atoms with E-state index in [0.29, 0.717) is 24.2 Å². The molecule has 0 aromatic carbocycles. The zero-order chi connectivity index (χ0) is 36.6.